The number of benzene rings is 2. The van der Waals surface area contributed by atoms with Crippen LogP contribution in [0.2, 0.25) is 0 Å². The third-order valence-corrected chi connectivity index (χ3v) is 5.36. The first kappa shape index (κ1) is 19.8. The van der Waals surface area contributed by atoms with E-state index >= 15 is 0 Å². The molecule has 2 rings (SSSR count). The molecule has 0 heterocycles. The van der Waals surface area contributed by atoms with Crippen LogP contribution in [0.5, 0.6) is 5.75 Å². The second kappa shape index (κ2) is 9.82. The summed E-state index contributed by atoms with van der Waals surface area (Å²) in [5, 5.41) is 0. The summed E-state index contributed by atoms with van der Waals surface area (Å²) in [7, 11) is 3.19. The third-order valence-electron chi connectivity index (χ3n) is 3.73. The number of nitrogens with zero attached hydrogens (tertiary/aromatic N) is 1. The molecule has 2 aromatic carbocycles. The largest absolute Gasteiger partial charge is 0.496 e. The van der Waals surface area contributed by atoms with Crippen LogP contribution in [0.4, 0.5) is 4.39 Å². The molecule has 0 bridgehead atoms. The van der Waals surface area contributed by atoms with E-state index in [-0.39, 0.29) is 18.3 Å². The van der Waals surface area contributed by atoms with E-state index < -0.39 is 0 Å². The summed E-state index contributed by atoms with van der Waals surface area (Å²) in [5.41, 5.74) is 0.407. The highest BCUT2D eigenvalue weighted by molar-refractivity contribution is 9.10. The molecule has 0 saturated heterocycles. The summed E-state index contributed by atoms with van der Waals surface area (Å²) in [6, 6.07) is 12.8. The van der Waals surface area contributed by atoms with Gasteiger partial charge in [-0.05, 0) is 48.6 Å². The lowest BCUT2D eigenvalue weighted by Gasteiger charge is -2.19. The maximum Gasteiger partial charge on any atom is 0.222 e. The Morgan fingerprint density at radius 1 is 1.24 bits per heavy atom. The standard InChI is InChI=1S/C19H21BrFNO2S/c1-22(13-16-17(21)5-3-6-18(16)24-2)19(23)7-4-12-25-15-10-8-14(20)9-11-15/h3,5-6,8-11H,4,7,12-13H2,1-2H3. The fraction of sp³-hybridized carbons (Fsp3) is 0.316. The predicted molar refractivity (Wildman–Crippen MR) is 104 cm³/mol. The molecule has 0 spiro atoms. The molecular weight excluding hydrogens is 405 g/mol. The van der Waals surface area contributed by atoms with Crippen LogP contribution < -0.4 is 4.74 Å². The molecule has 0 radical (unpaired) electrons. The lowest BCUT2D eigenvalue weighted by Crippen LogP contribution is -2.26. The summed E-state index contributed by atoms with van der Waals surface area (Å²) in [6.07, 6.45) is 1.22. The molecule has 1 amide bonds. The highest BCUT2D eigenvalue weighted by Crippen LogP contribution is 2.24. The zero-order chi connectivity index (χ0) is 18.2. The number of hydrogen-bond donors (Lipinski definition) is 0. The molecule has 134 valence electrons. The number of methoxy groups -OCH3 is 1. The van der Waals surface area contributed by atoms with E-state index in [1.807, 2.05) is 24.3 Å². The van der Waals surface area contributed by atoms with Gasteiger partial charge in [0.2, 0.25) is 5.91 Å². The van der Waals surface area contributed by atoms with Gasteiger partial charge in [0.15, 0.2) is 0 Å². The normalized spacial score (nSPS) is 10.6. The SMILES string of the molecule is COc1cccc(F)c1CN(C)C(=O)CCCSc1ccc(Br)cc1. The van der Waals surface area contributed by atoms with Crippen molar-refractivity contribution in [1.29, 1.82) is 0 Å². The maximum absolute atomic E-state index is 14.0. The summed E-state index contributed by atoms with van der Waals surface area (Å²) in [6.45, 7) is 0.203. The molecule has 0 saturated carbocycles. The minimum atomic E-state index is -0.357. The van der Waals surface area contributed by atoms with Crippen LogP contribution >= 0.6 is 27.7 Å². The van der Waals surface area contributed by atoms with Crippen molar-refractivity contribution >= 4 is 33.6 Å². The number of hydrogen-bond acceptors (Lipinski definition) is 3. The van der Waals surface area contributed by atoms with Crippen molar-refractivity contribution in [3.8, 4) is 5.75 Å². The summed E-state index contributed by atoms with van der Waals surface area (Å²) in [4.78, 5) is 15.0. The van der Waals surface area contributed by atoms with Crippen molar-refractivity contribution in [1.82, 2.24) is 4.90 Å². The summed E-state index contributed by atoms with van der Waals surface area (Å²) in [5.74, 6) is 0.974. The second-order valence-electron chi connectivity index (χ2n) is 5.58. The lowest BCUT2D eigenvalue weighted by atomic mass is 10.1. The highest BCUT2D eigenvalue weighted by Gasteiger charge is 2.15. The van der Waals surface area contributed by atoms with E-state index in [1.54, 1.807) is 35.8 Å². The first-order chi connectivity index (χ1) is 12.0. The number of carbonyl (C=O) groups excluding carboxylic acids is 1. The second-order valence-corrected chi connectivity index (χ2v) is 7.66. The van der Waals surface area contributed by atoms with E-state index in [4.69, 9.17) is 4.74 Å². The maximum atomic E-state index is 14.0. The number of rotatable bonds is 8. The Balaban J connectivity index is 1.79. The minimum Gasteiger partial charge on any atom is -0.496 e. The van der Waals surface area contributed by atoms with Gasteiger partial charge >= 0.3 is 0 Å². The van der Waals surface area contributed by atoms with Crippen LogP contribution in [-0.2, 0) is 11.3 Å². The Hall–Kier alpha value is -1.53. The topological polar surface area (TPSA) is 29.5 Å². The molecule has 2 aromatic rings. The van der Waals surface area contributed by atoms with Crippen molar-refractivity contribution in [3.63, 3.8) is 0 Å². The Bertz CT molecular complexity index is 709. The number of thioether (sulfide) groups is 1. The number of ether oxygens (including phenoxy) is 1. The minimum absolute atomic E-state index is 0.00159. The Morgan fingerprint density at radius 2 is 1.96 bits per heavy atom. The van der Waals surface area contributed by atoms with Crippen molar-refractivity contribution in [2.24, 2.45) is 0 Å². The molecule has 0 aliphatic rings. The zero-order valence-electron chi connectivity index (χ0n) is 14.3. The van der Waals surface area contributed by atoms with Crippen molar-refractivity contribution in [3.05, 3.63) is 58.3 Å². The Kier molecular flexibility index (Phi) is 7.78. The molecule has 0 fully saturated rings. The van der Waals surface area contributed by atoms with Crippen molar-refractivity contribution < 1.29 is 13.9 Å². The van der Waals surface area contributed by atoms with Gasteiger partial charge < -0.3 is 9.64 Å². The lowest BCUT2D eigenvalue weighted by molar-refractivity contribution is -0.130. The fourth-order valence-electron chi connectivity index (χ4n) is 2.34. The van der Waals surface area contributed by atoms with Gasteiger partial charge in [-0.2, -0.15) is 0 Å². The molecule has 0 aliphatic carbocycles. The molecule has 0 aromatic heterocycles. The molecule has 0 aliphatic heterocycles. The number of halogens is 2. The average molecular weight is 426 g/mol. The summed E-state index contributed by atoms with van der Waals surface area (Å²) >= 11 is 5.13. The highest BCUT2D eigenvalue weighted by atomic mass is 79.9. The van der Waals surface area contributed by atoms with E-state index in [0.717, 1.165) is 16.6 Å². The van der Waals surface area contributed by atoms with E-state index in [2.05, 4.69) is 15.9 Å². The molecule has 0 atom stereocenters. The van der Waals surface area contributed by atoms with Crippen LogP contribution in [0.1, 0.15) is 18.4 Å². The molecule has 3 nitrogen and oxygen atoms in total. The Morgan fingerprint density at radius 3 is 2.64 bits per heavy atom. The molecule has 6 heteroatoms. The van der Waals surface area contributed by atoms with Gasteiger partial charge in [-0.25, -0.2) is 4.39 Å². The van der Waals surface area contributed by atoms with Gasteiger partial charge in [0.25, 0.3) is 0 Å². The van der Waals surface area contributed by atoms with E-state index in [0.29, 0.717) is 17.7 Å². The molecule has 0 N–H and O–H groups in total. The number of carbonyl (C=O) groups is 1. The number of amides is 1. The third kappa shape index (κ3) is 6.04. The molecule has 0 unspecified atom stereocenters. The van der Waals surface area contributed by atoms with Crippen molar-refractivity contribution in [2.75, 3.05) is 19.9 Å². The van der Waals surface area contributed by atoms with Crippen LogP contribution in [0, 0.1) is 5.82 Å². The van der Waals surface area contributed by atoms with Gasteiger partial charge in [-0.1, -0.05) is 22.0 Å². The van der Waals surface area contributed by atoms with Gasteiger partial charge in [-0.3, -0.25) is 4.79 Å². The molecular formula is C19H21BrFNO2S. The predicted octanol–water partition coefficient (Wildman–Crippen LogP) is 5.13. The zero-order valence-corrected chi connectivity index (χ0v) is 16.7. The van der Waals surface area contributed by atoms with Crippen LogP contribution in [-0.4, -0.2) is 30.7 Å². The Labute approximate surface area is 160 Å². The van der Waals surface area contributed by atoms with Gasteiger partial charge in [-0.15, -0.1) is 11.8 Å². The van der Waals surface area contributed by atoms with E-state index in [9.17, 15) is 9.18 Å². The smallest absolute Gasteiger partial charge is 0.222 e. The van der Waals surface area contributed by atoms with Crippen LogP contribution in [0.25, 0.3) is 0 Å². The van der Waals surface area contributed by atoms with E-state index in [1.165, 1.54) is 18.1 Å². The first-order valence-electron chi connectivity index (χ1n) is 7.95. The monoisotopic (exact) mass is 425 g/mol. The van der Waals surface area contributed by atoms with Gasteiger partial charge in [0.1, 0.15) is 11.6 Å². The molecule has 25 heavy (non-hydrogen) atoms. The quantitative estimate of drug-likeness (QED) is 0.433. The summed E-state index contributed by atoms with van der Waals surface area (Å²) < 4.78 is 20.2. The van der Waals surface area contributed by atoms with Gasteiger partial charge in [0.05, 0.1) is 13.7 Å². The van der Waals surface area contributed by atoms with Crippen LogP contribution in [0.3, 0.4) is 0 Å². The average Bonchev–Trinajstić information content (AvgIpc) is 2.61. The fourth-order valence-corrected chi connectivity index (χ4v) is 3.46. The first-order valence-corrected chi connectivity index (χ1v) is 9.73. The van der Waals surface area contributed by atoms with Gasteiger partial charge in [0, 0.05) is 28.4 Å². The van der Waals surface area contributed by atoms with Crippen molar-refractivity contribution in [2.45, 2.75) is 24.3 Å². The van der Waals surface area contributed by atoms with Crippen LogP contribution in [0.15, 0.2) is 51.8 Å².